The van der Waals surface area contributed by atoms with Crippen molar-refractivity contribution >= 4 is 23.4 Å². The molecule has 202 valence electrons. The molecule has 2 amide bonds. The molecule has 1 aliphatic rings. The molecule has 1 aliphatic heterocycles. The molecule has 6 nitrogen and oxygen atoms in total. The van der Waals surface area contributed by atoms with E-state index in [4.69, 9.17) is 11.6 Å². The van der Waals surface area contributed by atoms with Gasteiger partial charge in [-0.25, -0.2) is 4.39 Å². The van der Waals surface area contributed by atoms with Gasteiger partial charge in [-0.15, -0.1) is 0 Å². The van der Waals surface area contributed by atoms with Crippen molar-refractivity contribution in [3.63, 3.8) is 0 Å². The first-order valence-corrected chi connectivity index (χ1v) is 13.7. The SMILES string of the molecule is CCN(CC)CCCNC(=O)c1ccc(C(C)N2CCC(NC(=O)c3ccc(F)c(Cl)c3)CC2)c(C)c1. The summed E-state index contributed by atoms with van der Waals surface area (Å²) in [6, 6.07) is 10.3. The molecule has 1 fully saturated rings. The van der Waals surface area contributed by atoms with Crippen LogP contribution in [0.3, 0.4) is 0 Å². The van der Waals surface area contributed by atoms with E-state index in [0.29, 0.717) is 17.7 Å². The summed E-state index contributed by atoms with van der Waals surface area (Å²) >= 11 is 5.82. The van der Waals surface area contributed by atoms with Crippen molar-refractivity contribution in [2.24, 2.45) is 0 Å². The normalized spacial score (nSPS) is 15.5. The Morgan fingerprint density at radius 1 is 1.08 bits per heavy atom. The molecule has 0 radical (unpaired) electrons. The van der Waals surface area contributed by atoms with Crippen LogP contribution >= 0.6 is 11.6 Å². The minimum Gasteiger partial charge on any atom is -0.352 e. The van der Waals surface area contributed by atoms with Gasteiger partial charge in [0.25, 0.3) is 11.8 Å². The Kier molecular flexibility index (Phi) is 10.9. The molecule has 2 N–H and O–H groups in total. The molecule has 3 rings (SSSR count). The number of aryl methyl sites for hydroxylation is 1. The average Bonchev–Trinajstić information content (AvgIpc) is 2.90. The summed E-state index contributed by atoms with van der Waals surface area (Å²) in [4.78, 5) is 29.9. The van der Waals surface area contributed by atoms with Gasteiger partial charge in [-0.05, 0) is 94.2 Å². The van der Waals surface area contributed by atoms with Gasteiger partial charge in [-0.1, -0.05) is 31.5 Å². The van der Waals surface area contributed by atoms with Gasteiger partial charge >= 0.3 is 0 Å². The lowest BCUT2D eigenvalue weighted by Gasteiger charge is -2.37. The van der Waals surface area contributed by atoms with Crippen LogP contribution in [0.1, 0.15) is 77.9 Å². The number of carbonyl (C=O) groups excluding carboxylic acids is 2. The number of piperidine rings is 1. The van der Waals surface area contributed by atoms with E-state index in [-0.39, 0.29) is 28.9 Å². The Morgan fingerprint density at radius 2 is 1.73 bits per heavy atom. The van der Waals surface area contributed by atoms with Crippen LogP contribution in [-0.4, -0.2) is 66.9 Å². The second kappa shape index (κ2) is 13.9. The van der Waals surface area contributed by atoms with Crippen molar-refractivity contribution in [1.29, 1.82) is 0 Å². The van der Waals surface area contributed by atoms with E-state index in [1.165, 1.54) is 23.8 Å². The predicted molar refractivity (Wildman–Crippen MR) is 148 cm³/mol. The highest BCUT2D eigenvalue weighted by Gasteiger charge is 2.26. The first-order chi connectivity index (χ1) is 17.7. The average molecular weight is 531 g/mol. The summed E-state index contributed by atoms with van der Waals surface area (Å²) in [7, 11) is 0. The Balaban J connectivity index is 1.49. The second-order valence-electron chi connectivity index (χ2n) is 9.80. The van der Waals surface area contributed by atoms with Crippen molar-refractivity contribution in [3.8, 4) is 0 Å². The van der Waals surface area contributed by atoms with Gasteiger partial charge in [0.2, 0.25) is 0 Å². The third-order valence-electron chi connectivity index (χ3n) is 7.41. The number of carbonyl (C=O) groups is 2. The summed E-state index contributed by atoms with van der Waals surface area (Å²) < 4.78 is 13.4. The molecule has 1 unspecified atom stereocenters. The van der Waals surface area contributed by atoms with Crippen molar-refractivity contribution in [2.45, 2.75) is 59.0 Å². The smallest absolute Gasteiger partial charge is 0.251 e. The first kappa shape index (κ1) is 29.1. The zero-order chi connectivity index (χ0) is 26.9. The molecule has 1 atom stereocenters. The zero-order valence-corrected chi connectivity index (χ0v) is 23.2. The van der Waals surface area contributed by atoms with Crippen LogP contribution in [0.5, 0.6) is 0 Å². The van der Waals surface area contributed by atoms with Gasteiger partial charge in [-0.2, -0.15) is 0 Å². The number of amides is 2. The largest absolute Gasteiger partial charge is 0.352 e. The number of halogens is 2. The van der Waals surface area contributed by atoms with Gasteiger partial charge < -0.3 is 15.5 Å². The number of nitrogens with one attached hydrogen (secondary N) is 2. The molecular weight excluding hydrogens is 491 g/mol. The summed E-state index contributed by atoms with van der Waals surface area (Å²) in [5.74, 6) is -0.789. The summed E-state index contributed by atoms with van der Waals surface area (Å²) in [5, 5.41) is 6.05. The van der Waals surface area contributed by atoms with Crippen LogP contribution in [0.2, 0.25) is 5.02 Å². The fourth-order valence-corrected chi connectivity index (χ4v) is 5.15. The van der Waals surface area contributed by atoms with Gasteiger partial charge in [0, 0.05) is 42.8 Å². The zero-order valence-electron chi connectivity index (χ0n) is 22.4. The first-order valence-electron chi connectivity index (χ1n) is 13.3. The number of benzene rings is 2. The van der Waals surface area contributed by atoms with E-state index in [1.807, 2.05) is 12.1 Å². The molecule has 0 bridgehead atoms. The van der Waals surface area contributed by atoms with E-state index in [9.17, 15) is 14.0 Å². The quantitative estimate of drug-likeness (QED) is 0.392. The number of hydrogen-bond acceptors (Lipinski definition) is 4. The van der Waals surface area contributed by atoms with Crippen molar-refractivity contribution in [3.05, 3.63) is 69.5 Å². The highest BCUT2D eigenvalue weighted by atomic mass is 35.5. The molecular formula is C29H40ClFN4O2. The molecule has 2 aromatic carbocycles. The van der Waals surface area contributed by atoms with E-state index >= 15 is 0 Å². The highest BCUT2D eigenvalue weighted by Crippen LogP contribution is 2.27. The van der Waals surface area contributed by atoms with Gasteiger partial charge in [0.1, 0.15) is 5.82 Å². The van der Waals surface area contributed by atoms with Gasteiger partial charge in [0.05, 0.1) is 5.02 Å². The van der Waals surface area contributed by atoms with E-state index in [1.54, 1.807) is 0 Å². The van der Waals surface area contributed by atoms with Crippen LogP contribution in [0.4, 0.5) is 4.39 Å². The maximum absolute atomic E-state index is 13.4. The topological polar surface area (TPSA) is 64.7 Å². The Hall–Kier alpha value is -2.48. The van der Waals surface area contributed by atoms with E-state index < -0.39 is 5.82 Å². The lowest BCUT2D eigenvalue weighted by atomic mass is 9.95. The van der Waals surface area contributed by atoms with Crippen molar-refractivity contribution in [2.75, 3.05) is 39.3 Å². The minimum absolute atomic E-state index is 0.0270. The maximum Gasteiger partial charge on any atom is 0.251 e. The fraction of sp³-hybridized carbons (Fsp3) is 0.517. The molecule has 0 aromatic heterocycles. The van der Waals surface area contributed by atoms with Crippen LogP contribution in [0.25, 0.3) is 0 Å². The van der Waals surface area contributed by atoms with Crippen LogP contribution in [-0.2, 0) is 0 Å². The molecule has 2 aromatic rings. The maximum atomic E-state index is 13.4. The second-order valence-corrected chi connectivity index (χ2v) is 10.2. The summed E-state index contributed by atoms with van der Waals surface area (Å²) in [5.41, 5.74) is 3.37. The molecule has 1 saturated heterocycles. The Labute approximate surface area is 225 Å². The monoisotopic (exact) mass is 530 g/mol. The number of nitrogens with zero attached hydrogens (tertiary/aromatic N) is 2. The van der Waals surface area contributed by atoms with E-state index in [2.05, 4.69) is 54.2 Å². The molecule has 37 heavy (non-hydrogen) atoms. The lowest BCUT2D eigenvalue weighted by Crippen LogP contribution is -2.45. The van der Waals surface area contributed by atoms with Gasteiger partial charge in [0.15, 0.2) is 0 Å². The summed E-state index contributed by atoms with van der Waals surface area (Å²) in [6.07, 6.45) is 2.60. The van der Waals surface area contributed by atoms with E-state index in [0.717, 1.165) is 57.5 Å². The third-order valence-corrected chi connectivity index (χ3v) is 7.70. The van der Waals surface area contributed by atoms with Crippen LogP contribution in [0, 0.1) is 12.7 Å². The molecule has 0 aliphatic carbocycles. The molecule has 1 heterocycles. The Bertz CT molecular complexity index is 1070. The number of rotatable bonds is 11. The standard InChI is InChI=1S/C29H40ClFN4O2/c1-5-34(6-2)15-7-14-32-28(36)22-8-10-25(20(3)18-22)21(4)35-16-12-24(13-17-35)33-29(37)23-9-11-27(31)26(30)19-23/h8-11,18-19,21,24H,5-7,12-17H2,1-4H3,(H,32,36)(H,33,37). The number of hydrogen-bond donors (Lipinski definition) is 2. The Morgan fingerprint density at radius 3 is 2.35 bits per heavy atom. The molecule has 0 saturated carbocycles. The summed E-state index contributed by atoms with van der Waals surface area (Å²) in [6.45, 7) is 14.0. The molecule has 8 heteroatoms. The molecule has 0 spiro atoms. The third kappa shape index (κ3) is 8.00. The van der Waals surface area contributed by atoms with Crippen LogP contribution < -0.4 is 10.6 Å². The fourth-order valence-electron chi connectivity index (χ4n) is 4.97. The van der Waals surface area contributed by atoms with Crippen molar-refractivity contribution in [1.82, 2.24) is 20.4 Å². The predicted octanol–water partition coefficient (Wildman–Crippen LogP) is 5.20. The number of likely N-dealkylation sites (tertiary alicyclic amines) is 1. The van der Waals surface area contributed by atoms with Crippen LogP contribution in [0.15, 0.2) is 36.4 Å². The van der Waals surface area contributed by atoms with Crippen molar-refractivity contribution < 1.29 is 14.0 Å². The highest BCUT2D eigenvalue weighted by molar-refractivity contribution is 6.31. The van der Waals surface area contributed by atoms with Gasteiger partial charge in [-0.3, -0.25) is 14.5 Å². The lowest BCUT2D eigenvalue weighted by molar-refractivity contribution is 0.0894. The minimum atomic E-state index is -0.532.